The third kappa shape index (κ3) is 3.07. The first kappa shape index (κ1) is 14.7. The molecule has 0 fully saturated rings. The second-order valence-electron chi connectivity index (χ2n) is 4.50. The van der Waals surface area contributed by atoms with Crippen molar-refractivity contribution >= 4 is 11.4 Å². The van der Waals surface area contributed by atoms with Gasteiger partial charge in [-0.05, 0) is 19.1 Å². The number of nitro benzene ring substituents is 1. The van der Waals surface area contributed by atoms with Crippen LogP contribution in [0.15, 0.2) is 30.3 Å². The zero-order valence-corrected chi connectivity index (χ0v) is 11.1. The largest absolute Gasteiger partial charge is 0.508 e. The topological polar surface area (TPSA) is 75.4 Å². The van der Waals surface area contributed by atoms with Crippen LogP contribution in [-0.4, -0.2) is 10.0 Å². The molecule has 2 aromatic carbocycles. The fourth-order valence-corrected chi connectivity index (χ4v) is 1.90. The molecule has 110 valence electrons. The Morgan fingerprint density at radius 2 is 2.00 bits per heavy atom. The summed E-state index contributed by atoms with van der Waals surface area (Å²) in [6.07, 6.45) is 0. The molecule has 0 bridgehead atoms. The summed E-state index contributed by atoms with van der Waals surface area (Å²) in [5, 5.41) is 23.0. The predicted octanol–water partition coefficient (Wildman–Crippen LogP) is 3.50. The Labute approximate surface area is 119 Å². The summed E-state index contributed by atoms with van der Waals surface area (Å²) in [6, 6.07) is 6.37. The molecule has 5 nitrogen and oxygen atoms in total. The first-order valence-corrected chi connectivity index (χ1v) is 6.05. The number of aromatic hydroxyl groups is 1. The minimum absolute atomic E-state index is 0.0347. The maximum absolute atomic E-state index is 13.7. The van der Waals surface area contributed by atoms with E-state index in [1.54, 1.807) is 19.1 Å². The number of phenols is 1. The van der Waals surface area contributed by atoms with E-state index in [0.717, 1.165) is 11.6 Å². The highest BCUT2D eigenvalue weighted by Crippen LogP contribution is 2.30. The fraction of sp³-hybridized carbons (Fsp3) is 0.143. The van der Waals surface area contributed by atoms with Gasteiger partial charge in [0.2, 0.25) is 0 Å². The molecular weight excluding hydrogens is 282 g/mol. The summed E-state index contributed by atoms with van der Waals surface area (Å²) in [5.41, 5.74) is 0.175. The Kier molecular flexibility index (Phi) is 4.02. The molecule has 0 saturated carbocycles. The van der Waals surface area contributed by atoms with E-state index in [4.69, 9.17) is 0 Å². The molecule has 2 aromatic rings. The van der Waals surface area contributed by atoms with E-state index < -0.39 is 27.9 Å². The molecule has 7 heteroatoms. The maximum Gasteiger partial charge on any atom is 0.295 e. The van der Waals surface area contributed by atoms with Gasteiger partial charge in [0.1, 0.15) is 5.75 Å². The number of nitrogens with one attached hydrogen (secondary N) is 1. The fourth-order valence-electron chi connectivity index (χ4n) is 1.90. The van der Waals surface area contributed by atoms with Gasteiger partial charge in [-0.25, -0.2) is 8.78 Å². The average molecular weight is 294 g/mol. The van der Waals surface area contributed by atoms with Gasteiger partial charge in [0.05, 0.1) is 4.92 Å². The third-order valence-corrected chi connectivity index (χ3v) is 2.96. The number of nitrogens with zero attached hydrogens (tertiary/aromatic N) is 1. The van der Waals surface area contributed by atoms with Crippen molar-refractivity contribution in [3.63, 3.8) is 0 Å². The summed E-state index contributed by atoms with van der Waals surface area (Å²) in [7, 11) is 0. The minimum atomic E-state index is -1.32. The third-order valence-electron chi connectivity index (χ3n) is 2.96. The molecule has 21 heavy (non-hydrogen) atoms. The molecule has 0 atom stereocenters. The van der Waals surface area contributed by atoms with Crippen LogP contribution in [0.4, 0.5) is 20.2 Å². The number of nitro groups is 1. The van der Waals surface area contributed by atoms with Crippen LogP contribution in [0.25, 0.3) is 0 Å². The SMILES string of the molecule is Cc1ccc(O)c(CNc2c([N+](=O)[O-])ccc(F)c2F)c1. The lowest BCUT2D eigenvalue weighted by Crippen LogP contribution is -2.06. The number of hydrogen-bond donors (Lipinski definition) is 2. The second kappa shape index (κ2) is 5.74. The van der Waals surface area contributed by atoms with Crippen molar-refractivity contribution in [1.29, 1.82) is 0 Å². The van der Waals surface area contributed by atoms with E-state index in [0.29, 0.717) is 11.6 Å². The highest BCUT2D eigenvalue weighted by atomic mass is 19.2. The van der Waals surface area contributed by atoms with Crippen LogP contribution in [0.1, 0.15) is 11.1 Å². The molecule has 0 radical (unpaired) electrons. The van der Waals surface area contributed by atoms with Crippen molar-refractivity contribution in [2.45, 2.75) is 13.5 Å². The summed E-state index contributed by atoms with van der Waals surface area (Å²) in [4.78, 5) is 10.0. The Balaban J connectivity index is 2.33. The van der Waals surface area contributed by atoms with E-state index in [9.17, 15) is 24.0 Å². The van der Waals surface area contributed by atoms with E-state index >= 15 is 0 Å². The molecule has 0 amide bonds. The molecule has 0 aliphatic heterocycles. The van der Waals surface area contributed by atoms with Crippen molar-refractivity contribution in [3.05, 3.63) is 63.2 Å². The van der Waals surface area contributed by atoms with Gasteiger partial charge < -0.3 is 10.4 Å². The Morgan fingerprint density at radius 3 is 2.67 bits per heavy atom. The van der Waals surface area contributed by atoms with Crippen LogP contribution in [-0.2, 0) is 6.54 Å². The lowest BCUT2D eigenvalue weighted by molar-refractivity contribution is -0.384. The second-order valence-corrected chi connectivity index (χ2v) is 4.50. The molecule has 2 N–H and O–H groups in total. The zero-order valence-electron chi connectivity index (χ0n) is 11.1. The lowest BCUT2D eigenvalue weighted by Gasteiger charge is -2.10. The van der Waals surface area contributed by atoms with E-state index in [1.165, 1.54) is 6.07 Å². The average Bonchev–Trinajstić information content (AvgIpc) is 2.43. The molecular formula is C14H12F2N2O3. The van der Waals surface area contributed by atoms with Gasteiger partial charge in [-0.3, -0.25) is 10.1 Å². The Morgan fingerprint density at radius 1 is 1.29 bits per heavy atom. The van der Waals surface area contributed by atoms with Crippen molar-refractivity contribution < 1.29 is 18.8 Å². The Bertz CT molecular complexity index is 705. The molecule has 0 spiro atoms. The zero-order chi connectivity index (χ0) is 15.6. The number of halogens is 2. The van der Waals surface area contributed by atoms with Crippen LogP contribution >= 0.6 is 0 Å². The number of phenolic OH excluding ortho intramolecular Hbond substituents is 1. The molecule has 2 rings (SSSR count). The van der Waals surface area contributed by atoms with Crippen molar-refractivity contribution in [2.75, 3.05) is 5.32 Å². The van der Waals surface area contributed by atoms with Crippen LogP contribution in [0.5, 0.6) is 5.75 Å². The standard InChI is InChI=1S/C14H12F2N2O3/c1-8-2-5-12(19)9(6-8)7-17-14-11(18(20)21)4-3-10(15)13(14)16/h2-6,17,19H,7H2,1H3. The van der Waals surface area contributed by atoms with E-state index in [-0.39, 0.29) is 12.3 Å². The molecule has 0 aromatic heterocycles. The molecule has 0 saturated heterocycles. The van der Waals surface area contributed by atoms with E-state index in [1.807, 2.05) is 0 Å². The highest BCUT2D eigenvalue weighted by molar-refractivity contribution is 5.63. The summed E-state index contributed by atoms with van der Waals surface area (Å²) in [6.45, 7) is 1.73. The van der Waals surface area contributed by atoms with Crippen molar-refractivity contribution in [2.24, 2.45) is 0 Å². The molecule has 0 aliphatic rings. The number of rotatable bonds is 4. The summed E-state index contributed by atoms with van der Waals surface area (Å²) in [5.74, 6) is -2.54. The van der Waals surface area contributed by atoms with Crippen molar-refractivity contribution in [1.82, 2.24) is 0 Å². The van der Waals surface area contributed by atoms with Gasteiger partial charge in [-0.1, -0.05) is 17.7 Å². The lowest BCUT2D eigenvalue weighted by atomic mass is 10.1. The maximum atomic E-state index is 13.7. The smallest absolute Gasteiger partial charge is 0.295 e. The van der Waals surface area contributed by atoms with Crippen molar-refractivity contribution in [3.8, 4) is 5.75 Å². The molecule has 0 unspecified atom stereocenters. The number of benzene rings is 2. The van der Waals surface area contributed by atoms with Gasteiger partial charge in [0.25, 0.3) is 5.69 Å². The van der Waals surface area contributed by atoms with Gasteiger partial charge in [-0.15, -0.1) is 0 Å². The first-order chi connectivity index (χ1) is 9.90. The molecule has 0 aliphatic carbocycles. The van der Waals surface area contributed by atoms with Crippen LogP contribution in [0.3, 0.4) is 0 Å². The first-order valence-electron chi connectivity index (χ1n) is 6.05. The van der Waals surface area contributed by atoms with Gasteiger partial charge >= 0.3 is 0 Å². The van der Waals surface area contributed by atoms with E-state index in [2.05, 4.69) is 5.32 Å². The minimum Gasteiger partial charge on any atom is -0.508 e. The van der Waals surface area contributed by atoms with Crippen LogP contribution in [0.2, 0.25) is 0 Å². The normalized spacial score (nSPS) is 10.4. The quantitative estimate of drug-likeness (QED) is 0.668. The van der Waals surface area contributed by atoms with Crippen LogP contribution in [0, 0.1) is 28.7 Å². The Hall–Kier alpha value is -2.70. The number of aryl methyl sites for hydroxylation is 1. The van der Waals surface area contributed by atoms with Gasteiger partial charge in [0.15, 0.2) is 17.3 Å². The number of hydrogen-bond acceptors (Lipinski definition) is 4. The number of anilines is 1. The van der Waals surface area contributed by atoms with Gasteiger partial charge in [-0.2, -0.15) is 0 Å². The summed E-state index contributed by atoms with van der Waals surface area (Å²) < 4.78 is 26.9. The highest BCUT2D eigenvalue weighted by Gasteiger charge is 2.21. The predicted molar refractivity (Wildman–Crippen MR) is 73.2 cm³/mol. The monoisotopic (exact) mass is 294 g/mol. The van der Waals surface area contributed by atoms with Gasteiger partial charge in [0, 0.05) is 18.2 Å². The molecule has 0 heterocycles. The van der Waals surface area contributed by atoms with Crippen LogP contribution < -0.4 is 5.32 Å². The summed E-state index contributed by atoms with van der Waals surface area (Å²) >= 11 is 0.